The normalized spacial score (nSPS) is 27.5. The number of amides is 1. The monoisotopic (exact) mass is 301 g/mol. The topological polar surface area (TPSA) is 57.6 Å². The van der Waals surface area contributed by atoms with Gasteiger partial charge in [0.2, 0.25) is 5.91 Å². The summed E-state index contributed by atoms with van der Waals surface area (Å²) in [6.45, 7) is 0. The number of rotatable bonds is 4. The van der Waals surface area contributed by atoms with Crippen molar-refractivity contribution in [3.05, 3.63) is 35.9 Å². The summed E-state index contributed by atoms with van der Waals surface area (Å²) >= 11 is 0. The zero-order valence-corrected chi connectivity index (χ0v) is 12.8. The van der Waals surface area contributed by atoms with Gasteiger partial charge >= 0.3 is 5.97 Å². The Hall–Kier alpha value is -1.84. The Kier molecular flexibility index (Phi) is 4.46. The molecule has 0 spiro atoms. The molecule has 1 aliphatic heterocycles. The zero-order valence-electron chi connectivity index (χ0n) is 12.8. The Morgan fingerprint density at radius 1 is 1.14 bits per heavy atom. The third kappa shape index (κ3) is 3.01. The van der Waals surface area contributed by atoms with Gasteiger partial charge in [-0.25, -0.2) is 4.79 Å². The van der Waals surface area contributed by atoms with Gasteiger partial charge in [-0.05, 0) is 37.2 Å². The molecular formula is C18H23NO3. The lowest BCUT2D eigenvalue weighted by atomic mass is 9.84. The van der Waals surface area contributed by atoms with Gasteiger partial charge in [-0.1, -0.05) is 43.2 Å². The van der Waals surface area contributed by atoms with Crippen LogP contribution in [-0.2, 0) is 16.0 Å². The molecule has 3 atom stereocenters. The van der Waals surface area contributed by atoms with Gasteiger partial charge < -0.3 is 10.0 Å². The Balaban J connectivity index is 1.69. The van der Waals surface area contributed by atoms with Crippen LogP contribution in [0, 0.1) is 5.92 Å². The first-order valence-corrected chi connectivity index (χ1v) is 8.24. The highest BCUT2D eigenvalue weighted by Crippen LogP contribution is 2.40. The minimum Gasteiger partial charge on any atom is -0.480 e. The highest BCUT2D eigenvalue weighted by atomic mass is 16.4. The van der Waals surface area contributed by atoms with Gasteiger partial charge in [0.05, 0.1) is 0 Å². The van der Waals surface area contributed by atoms with E-state index in [9.17, 15) is 14.7 Å². The standard InChI is InChI=1S/C18H23NO3/c20-17(11-10-13-6-2-1-3-7-13)19-15-9-5-4-8-14(15)12-16(19)18(21)22/h1-3,6-7,14-16H,4-5,8-12H2,(H,21,22). The van der Waals surface area contributed by atoms with Gasteiger partial charge in [0.1, 0.15) is 6.04 Å². The number of likely N-dealkylation sites (tertiary alicyclic amines) is 1. The summed E-state index contributed by atoms with van der Waals surface area (Å²) in [5.74, 6) is -0.455. The van der Waals surface area contributed by atoms with Crippen molar-refractivity contribution in [3.8, 4) is 0 Å². The van der Waals surface area contributed by atoms with E-state index in [1.54, 1.807) is 4.90 Å². The van der Waals surface area contributed by atoms with E-state index in [1.807, 2.05) is 30.3 Å². The van der Waals surface area contributed by atoms with E-state index in [-0.39, 0.29) is 11.9 Å². The molecule has 0 radical (unpaired) electrons. The number of aliphatic carboxylic acids is 1. The van der Waals surface area contributed by atoms with Crippen molar-refractivity contribution in [2.24, 2.45) is 5.92 Å². The van der Waals surface area contributed by atoms with Crippen LogP contribution >= 0.6 is 0 Å². The van der Waals surface area contributed by atoms with Gasteiger partial charge in [0.15, 0.2) is 0 Å². The van der Waals surface area contributed by atoms with Crippen molar-refractivity contribution in [1.82, 2.24) is 4.90 Å². The average molecular weight is 301 g/mol. The number of carbonyl (C=O) groups excluding carboxylic acids is 1. The summed E-state index contributed by atoms with van der Waals surface area (Å²) < 4.78 is 0. The molecule has 1 saturated heterocycles. The summed E-state index contributed by atoms with van der Waals surface area (Å²) in [5, 5.41) is 9.47. The van der Waals surface area contributed by atoms with E-state index in [2.05, 4.69) is 0 Å². The summed E-state index contributed by atoms with van der Waals surface area (Å²) in [4.78, 5) is 25.9. The van der Waals surface area contributed by atoms with Crippen LogP contribution in [0.1, 0.15) is 44.1 Å². The summed E-state index contributed by atoms with van der Waals surface area (Å²) in [6.07, 6.45) is 6.02. The molecule has 0 bridgehead atoms. The van der Waals surface area contributed by atoms with Crippen molar-refractivity contribution in [1.29, 1.82) is 0 Å². The zero-order chi connectivity index (χ0) is 15.5. The minimum absolute atomic E-state index is 0.00523. The molecular weight excluding hydrogens is 278 g/mol. The van der Waals surface area contributed by atoms with Gasteiger partial charge in [-0.2, -0.15) is 0 Å². The van der Waals surface area contributed by atoms with E-state index >= 15 is 0 Å². The lowest BCUT2D eigenvalue weighted by Gasteiger charge is -2.33. The highest BCUT2D eigenvalue weighted by Gasteiger charge is 2.47. The molecule has 0 aromatic heterocycles. The van der Waals surface area contributed by atoms with Crippen molar-refractivity contribution in [3.63, 3.8) is 0 Å². The Morgan fingerprint density at radius 3 is 2.59 bits per heavy atom. The van der Waals surface area contributed by atoms with Crippen LogP contribution in [0.25, 0.3) is 0 Å². The van der Waals surface area contributed by atoms with Crippen molar-refractivity contribution in [2.45, 2.75) is 57.0 Å². The van der Waals surface area contributed by atoms with Crippen LogP contribution in [0.4, 0.5) is 0 Å². The van der Waals surface area contributed by atoms with Crippen molar-refractivity contribution >= 4 is 11.9 Å². The number of aryl methyl sites for hydroxylation is 1. The van der Waals surface area contributed by atoms with Crippen LogP contribution in [0.15, 0.2) is 30.3 Å². The fourth-order valence-electron chi connectivity index (χ4n) is 4.06. The molecule has 1 saturated carbocycles. The number of benzene rings is 1. The highest BCUT2D eigenvalue weighted by molar-refractivity contribution is 5.85. The summed E-state index contributed by atoms with van der Waals surface area (Å²) in [7, 11) is 0. The quantitative estimate of drug-likeness (QED) is 0.930. The van der Waals surface area contributed by atoms with E-state index in [4.69, 9.17) is 0 Å². The van der Waals surface area contributed by atoms with Gasteiger partial charge in [-0.15, -0.1) is 0 Å². The number of hydrogen-bond donors (Lipinski definition) is 1. The van der Waals surface area contributed by atoms with E-state index < -0.39 is 12.0 Å². The number of nitrogens with zero attached hydrogens (tertiary/aromatic N) is 1. The fraction of sp³-hybridized carbons (Fsp3) is 0.556. The Labute approximate surface area is 131 Å². The van der Waals surface area contributed by atoms with E-state index in [0.717, 1.165) is 24.8 Å². The summed E-state index contributed by atoms with van der Waals surface area (Å²) in [6, 6.07) is 9.44. The molecule has 3 rings (SSSR count). The molecule has 22 heavy (non-hydrogen) atoms. The first-order valence-electron chi connectivity index (χ1n) is 8.24. The first kappa shape index (κ1) is 15.1. The third-order valence-electron chi connectivity index (χ3n) is 5.13. The molecule has 4 nitrogen and oxygen atoms in total. The Bertz CT molecular complexity index is 543. The molecule has 4 heteroatoms. The smallest absolute Gasteiger partial charge is 0.326 e. The minimum atomic E-state index is -0.845. The molecule has 1 aromatic carbocycles. The summed E-state index contributed by atoms with van der Waals surface area (Å²) in [5.41, 5.74) is 1.13. The molecule has 1 aromatic rings. The van der Waals surface area contributed by atoms with E-state index in [0.29, 0.717) is 25.2 Å². The number of carboxylic acid groups (broad SMARTS) is 1. The fourth-order valence-corrected chi connectivity index (χ4v) is 4.06. The Morgan fingerprint density at radius 2 is 1.86 bits per heavy atom. The number of hydrogen-bond acceptors (Lipinski definition) is 2. The number of fused-ring (bicyclic) bond motifs is 1. The SMILES string of the molecule is O=C(O)C1CC2CCCCC2N1C(=O)CCc1ccccc1. The maximum absolute atomic E-state index is 12.7. The largest absolute Gasteiger partial charge is 0.480 e. The van der Waals surface area contributed by atoms with Crippen LogP contribution < -0.4 is 0 Å². The van der Waals surface area contributed by atoms with Crippen molar-refractivity contribution < 1.29 is 14.7 Å². The molecule has 118 valence electrons. The number of carbonyl (C=O) groups is 2. The second kappa shape index (κ2) is 6.51. The van der Waals surface area contributed by atoms with E-state index in [1.165, 1.54) is 6.42 Å². The molecule has 1 N–H and O–H groups in total. The van der Waals surface area contributed by atoms with Gasteiger partial charge in [-0.3, -0.25) is 4.79 Å². The lowest BCUT2D eigenvalue weighted by molar-refractivity contribution is -0.149. The molecule has 1 aliphatic carbocycles. The van der Waals surface area contributed by atoms with Crippen LogP contribution in [-0.4, -0.2) is 34.0 Å². The maximum atomic E-state index is 12.7. The molecule has 1 heterocycles. The first-order chi connectivity index (χ1) is 10.7. The van der Waals surface area contributed by atoms with Crippen molar-refractivity contribution in [2.75, 3.05) is 0 Å². The maximum Gasteiger partial charge on any atom is 0.326 e. The molecule has 3 unspecified atom stereocenters. The van der Waals surface area contributed by atoms with Gasteiger partial charge in [0.25, 0.3) is 0 Å². The predicted octanol–water partition coefficient (Wildman–Crippen LogP) is 2.86. The average Bonchev–Trinajstić information content (AvgIpc) is 2.93. The van der Waals surface area contributed by atoms with Crippen LogP contribution in [0.5, 0.6) is 0 Å². The second-order valence-corrected chi connectivity index (χ2v) is 6.49. The number of carboxylic acids is 1. The second-order valence-electron chi connectivity index (χ2n) is 6.49. The van der Waals surface area contributed by atoms with Crippen LogP contribution in [0.2, 0.25) is 0 Å². The van der Waals surface area contributed by atoms with Crippen LogP contribution in [0.3, 0.4) is 0 Å². The lowest BCUT2D eigenvalue weighted by Crippen LogP contribution is -2.46. The van der Waals surface area contributed by atoms with Gasteiger partial charge in [0, 0.05) is 12.5 Å². The molecule has 2 aliphatic rings. The molecule has 2 fully saturated rings. The third-order valence-corrected chi connectivity index (χ3v) is 5.13. The molecule has 1 amide bonds. The predicted molar refractivity (Wildman–Crippen MR) is 83.4 cm³/mol.